The van der Waals surface area contributed by atoms with Gasteiger partial charge in [0.15, 0.2) is 0 Å². The van der Waals surface area contributed by atoms with Crippen LogP contribution in [0.1, 0.15) is 34.1 Å². The van der Waals surface area contributed by atoms with E-state index in [-0.39, 0.29) is 17.4 Å². The third kappa shape index (κ3) is 4.10. The summed E-state index contributed by atoms with van der Waals surface area (Å²) in [4.78, 5) is 54.8. The Kier molecular flexibility index (Phi) is 5.50. The van der Waals surface area contributed by atoms with Crippen molar-refractivity contribution in [3.05, 3.63) is 86.2 Å². The Morgan fingerprint density at radius 2 is 1.78 bits per heavy atom. The highest BCUT2D eigenvalue weighted by atomic mass is 16.2. The van der Waals surface area contributed by atoms with Crippen molar-refractivity contribution < 1.29 is 9.59 Å². The monoisotopic (exact) mass is 434 g/mol. The molecule has 0 aliphatic carbocycles. The van der Waals surface area contributed by atoms with Crippen LogP contribution in [0.25, 0.3) is 0 Å². The average Bonchev–Trinajstić information content (AvgIpc) is 2.77. The highest BCUT2D eigenvalue weighted by molar-refractivity contribution is 6.03. The number of hydrogen-bond donors (Lipinski definition) is 5. The van der Waals surface area contributed by atoms with Gasteiger partial charge in [-0.15, -0.1) is 0 Å². The van der Waals surface area contributed by atoms with Crippen molar-refractivity contribution in [2.75, 3.05) is 22.5 Å². The van der Waals surface area contributed by atoms with Gasteiger partial charge in [-0.25, -0.2) is 9.59 Å². The number of aromatic amines is 2. The van der Waals surface area contributed by atoms with E-state index in [1.165, 1.54) is 0 Å². The summed E-state index contributed by atoms with van der Waals surface area (Å²) in [5, 5.41) is 5.69. The smallest absolute Gasteiger partial charge is 0.326 e. The molecule has 3 aromatic rings. The standard InChI is InChI=1S/C22H22N6O4/c1-12-6-8-13(9-7-12)24-22(32)28-11-10-15(14-4-2-3-5-16(14)28)25-20(30)18-17(23)19(29)27-21(31)26-18/h2-9,15H,10-11,23H2,1H3,(H,24,32)(H,25,30)(H2,26,27,29,31). The van der Waals surface area contributed by atoms with Gasteiger partial charge in [0.1, 0.15) is 11.4 Å². The van der Waals surface area contributed by atoms with E-state index in [0.29, 0.717) is 24.3 Å². The van der Waals surface area contributed by atoms with Crippen molar-refractivity contribution in [1.29, 1.82) is 0 Å². The minimum atomic E-state index is -0.832. The SMILES string of the molecule is Cc1ccc(NC(=O)N2CCC(NC(=O)c3[nH]c(=O)[nH]c(=O)c3N)c3ccccc32)cc1. The van der Waals surface area contributed by atoms with Crippen molar-refractivity contribution in [1.82, 2.24) is 15.3 Å². The highest BCUT2D eigenvalue weighted by Gasteiger charge is 2.30. The Hall–Kier alpha value is -4.34. The van der Waals surface area contributed by atoms with Crippen LogP contribution >= 0.6 is 0 Å². The molecule has 1 atom stereocenters. The zero-order valence-electron chi connectivity index (χ0n) is 17.3. The normalized spacial score (nSPS) is 15.0. The number of aryl methyl sites for hydroxylation is 1. The third-order valence-corrected chi connectivity index (χ3v) is 5.30. The number of carbonyl (C=O) groups is 2. The number of H-pyrrole nitrogens is 2. The van der Waals surface area contributed by atoms with E-state index in [9.17, 15) is 19.2 Å². The van der Waals surface area contributed by atoms with E-state index in [0.717, 1.165) is 11.1 Å². The molecule has 4 rings (SSSR count). The fourth-order valence-electron chi connectivity index (χ4n) is 3.66. The molecule has 0 saturated heterocycles. The fourth-order valence-corrected chi connectivity index (χ4v) is 3.66. The molecule has 1 aliphatic rings. The molecule has 0 radical (unpaired) electrons. The summed E-state index contributed by atoms with van der Waals surface area (Å²) in [6, 6.07) is 14.0. The van der Waals surface area contributed by atoms with Crippen LogP contribution in [0.15, 0.2) is 58.1 Å². The largest absolute Gasteiger partial charge is 0.392 e. The number of anilines is 3. The minimum Gasteiger partial charge on any atom is -0.392 e. The maximum atomic E-state index is 12.9. The van der Waals surface area contributed by atoms with Gasteiger partial charge in [-0.05, 0) is 37.1 Å². The van der Waals surface area contributed by atoms with E-state index < -0.39 is 23.2 Å². The fraction of sp³-hybridized carbons (Fsp3) is 0.182. The second-order valence-electron chi connectivity index (χ2n) is 7.52. The molecule has 1 aliphatic heterocycles. The van der Waals surface area contributed by atoms with Crippen LogP contribution in [0.2, 0.25) is 0 Å². The Morgan fingerprint density at radius 1 is 1.06 bits per heavy atom. The number of carbonyl (C=O) groups excluding carboxylic acids is 2. The van der Waals surface area contributed by atoms with Crippen LogP contribution in [0.3, 0.4) is 0 Å². The Bertz CT molecular complexity index is 1290. The third-order valence-electron chi connectivity index (χ3n) is 5.30. The molecule has 6 N–H and O–H groups in total. The molecule has 0 bridgehead atoms. The molecule has 1 unspecified atom stereocenters. The van der Waals surface area contributed by atoms with E-state index in [1.54, 1.807) is 17.0 Å². The van der Waals surface area contributed by atoms with Crippen LogP contribution < -0.4 is 32.5 Å². The van der Waals surface area contributed by atoms with Gasteiger partial charge in [-0.1, -0.05) is 35.9 Å². The molecular formula is C22H22N6O4. The van der Waals surface area contributed by atoms with E-state index in [4.69, 9.17) is 5.73 Å². The molecule has 10 heteroatoms. The van der Waals surface area contributed by atoms with Crippen molar-refractivity contribution in [3.63, 3.8) is 0 Å². The van der Waals surface area contributed by atoms with Crippen LogP contribution in [0.5, 0.6) is 0 Å². The molecule has 0 spiro atoms. The molecule has 32 heavy (non-hydrogen) atoms. The highest BCUT2D eigenvalue weighted by Crippen LogP contribution is 2.34. The first-order valence-electron chi connectivity index (χ1n) is 10.0. The second-order valence-corrected chi connectivity index (χ2v) is 7.52. The summed E-state index contributed by atoms with van der Waals surface area (Å²) in [5.74, 6) is -0.678. The lowest BCUT2D eigenvalue weighted by Crippen LogP contribution is -2.43. The zero-order valence-corrected chi connectivity index (χ0v) is 17.3. The first-order chi connectivity index (χ1) is 15.3. The summed E-state index contributed by atoms with van der Waals surface area (Å²) < 4.78 is 0. The number of fused-ring (bicyclic) bond motifs is 1. The van der Waals surface area contributed by atoms with Gasteiger partial charge in [-0.3, -0.25) is 19.5 Å². The topological polar surface area (TPSA) is 153 Å². The summed E-state index contributed by atoms with van der Waals surface area (Å²) in [7, 11) is 0. The van der Waals surface area contributed by atoms with Gasteiger partial charge >= 0.3 is 11.7 Å². The average molecular weight is 434 g/mol. The van der Waals surface area contributed by atoms with Gasteiger partial charge in [0.25, 0.3) is 11.5 Å². The van der Waals surface area contributed by atoms with Gasteiger partial charge in [0.05, 0.1) is 11.7 Å². The maximum Gasteiger partial charge on any atom is 0.326 e. The maximum absolute atomic E-state index is 12.9. The van der Waals surface area contributed by atoms with Crippen LogP contribution in [0, 0.1) is 6.92 Å². The summed E-state index contributed by atoms with van der Waals surface area (Å²) >= 11 is 0. The Morgan fingerprint density at radius 3 is 2.53 bits per heavy atom. The summed E-state index contributed by atoms with van der Waals surface area (Å²) in [6.45, 7) is 2.32. The molecule has 2 heterocycles. The lowest BCUT2D eigenvalue weighted by atomic mass is 9.96. The van der Waals surface area contributed by atoms with Crippen LogP contribution in [0.4, 0.5) is 21.9 Å². The zero-order chi connectivity index (χ0) is 22.8. The molecule has 164 valence electrons. The summed E-state index contributed by atoms with van der Waals surface area (Å²) in [5.41, 5.74) is 6.50. The Labute approximate surface area is 182 Å². The lowest BCUT2D eigenvalue weighted by Gasteiger charge is -2.34. The number of hydrogen-bond acceptors (Lipinski definition) is 5. The molecule has 2 aromatic carbocycles. The number of para-hydroxylation sites is 1. The number of amides is 3. The van der Waals surface area contributed by atoms with Gasteiger partial charge < -0.3 is 21.4 Å². The first kappa shape index (κ1) is 20.9. The second kappa shape index (κ2) is 8.42. The minimum absolute atomic E-state index is 0.283. The molecule has 0 saturated carbocycles. The number of urea groups is 1. The first-order valence-corrected chi connectivity index (χ1v) is 10.0. The lowest BCUT2D eigenvalue weighted by molar-refractivity contribution is 0.0929. The van der Waals surface area contributed by atoms with Crippen molar-refractivity contribution >= 4 is 29.0 Å². The molecule has 0 fully saturated rings. The van der Waals surface area contributed by atoms with Crippen molar-refractivity contribution in [2.45, 2.75) is 19.4 Å². The molecule has 1 aromatic heterocycles. The van der Waals surface area contributed by atoms with Crippen LogP contribution in [-0.2, 0) is 0 Å². The number of rotatable bonds is 3. The number of nitrogens with one attached hydrogen (secondary N) is 4. The van der Waals surface area contributed by atoms with Gasteiger partial charge in [-0.2, -0.15) is 0 Å². The van der Waals surface area contributed by atoms with E-state index in [1.807, 2.05) is 48.3 Å². The van der Waals surface area contributed by atoms with Crippen molar-refractivity contribution in [3.8, 4) is 0 Å². The van der Waals surface area contributed by atoms with E-state index in [2.05, 4.69) is 15.6 Å². The quantitative estimate of drug-likeness (QED) is 0.426. The molecule has 3 amide bonds. The van der Waals surface area contributed by atoms with Gasteiger partial charge in [0, 0.05) is 12.2 Å². The molecular weight excluding hydrogens is 412 g/mol. The van der Waals surface area contributed by atoms with E-state index >= 15 is 0 Å². The molecule has 10 nitrogen and oxygen atoms in total. The predicted octanol–water partition coefficient (Wildman–Crippen LogP) is 1.87. The van der Waals surface area contributed by atoms with Gasteiger partial charge in [0.2, 0.25) is 0 Å². The number of benzene rings is 2. The number of nitrogens with two attached hydrogens (primary N) is 1. The predicted molar refractivity (Wildman–Crippen MR) is 121 cm³/mol. The van der Waals surface area contributed by atoms with Crippen LogP contribution in [-0.4, -0.2) is 28.5 Å². The Balaban J connectivity index is 1.56. The number of nitrogen functional groups attached to an aromatic ring is 1. The van der Waals surface area contributed by atoms with Crippen molar-refractivity contribution in [2.24, 2.45) is 0 Å². The summed E-state index contributed by atoms with van der Waals surface area (Å²) in [6.07, 6.45) is 0.428. The number of nitrogens with zero attached hydrogens (tertiary/aromatic N) is 1. The number of aromatic nitrogens is 2.